The molecule has 2 aromatic rings. The Morgan fingerprint density at radius 1 is 1.35 bits per heavy atom. The number of nitrogens with two attached hydrogens (primary N) is 1. The van der Waals surface area contributed by atoms with Crippen LogP contribution >= 0.6 is 15.9 Å². The van der Waals surface area contributed by atoms with Gasteiger partial charge in [0, 0.05) is 19.3 Å². The largest absolute Gasteiger partial charge is 0.399 e. The first-order valence-electron chi connectivity index (χ1n) is 5.81. The maximum absolute atomic E-state index is 12.7. The van der Waals surface area contributed by atoms with E-state index in [1.165, 1.54) is 16.0 Å². The van der Waals surface area contributed by atoms with Crippen molar-refractivity contribution in [2.75, 3.05) is 16.6 Å². The van der Waals surface area contributed by atoms with Crippen LogP contribution in [0.5, 0.6) is 0 Å². The van der Waals surface area contributed by atoms with Gasteiger partial charge in [0.25, 0.3) is 10.0 Å². The third kappa shape index (κ3) is 2.50. The van der Waals surface area contributed by atoms with Crippen LogP contribution in [-0.2, 0) is 17.1 Å². The van der Waals surface area contributed by atoms with Crippen LogP contribution in [0, 0.1) is 0 Å². The third-order valence-electron chi connectivity index (χ3n) is 2.74. The summed E-state index contributed by atoms with van der Waals surface area (Å²) >= 11 is 3.11. The summed E-state index contributed by atoms with van der Waals surface area (Å²) in [5, 5.41) is 7.42. The van der Waals surface area contributed by atoms with Crippen LogP contribution in [-0.4, -0.2) is 30.0 Å². The fraction of sp³-hybridized carbons (Fsp3) is 0.273. The minimum absolute atomic E-state index is 0.0103. The molecule has 1 aromatic heterocycles. The molecule has 0 fully saturated rings. The van der Waals surface area contributed by atoms with Crippen molar-refractivity contribution in [1.82, 2.24) is 15.0 Å². The van der Waals surface area contributed by atoms with Crippen LogP contribution in [0.15, 0.2) is 33.9 Å². The molecule has 7 nitrogen and oxygen atoms in total. The number of sulfonamides is 1. The summed E-state index contributed by atoms with van der Waals surface area (Å²) in [5.41, 5.74) is 6.73. The van der Waals surface area contributed by atoms with Gasteiger partial charge < -0.3 is 5.73 Å². The normalized spacial score (nSPS) is 11.6. The molecule has 0 unspecified atom stereocenters. The molecule has 0 amide bonds. The maximum atomic E-state index is 12.7. The zero-order valence-corrected chi connectivity index (χ0v) is 13.4. The molecule has 0 radical (unpaired) electrons. The summed E-state index contributed by atoms with van der Waals surface area (Å²) in [7, 11) is -2.22. The van der Waals surface area contributed by atoms with E-state index in [4.69, 9.17) is 5.73 Å². The summed E-state index contributed by atoms with van der Waals surface area (Å²) in [4.78, 5) is 0. The molecule has 0 bridgehead atoms. The molecule has 1 aromatic carbocycles. The van der Waals surface area contributed by atoms with Gasteiger partial charge in [-0.1, -0.05) is 5.21 Å². The van der Waals surface area contributed by atoms with Gasteiger partial charge in [0.15, 0.2) is 4.60 Å². The van der Waals surface area contributed by atoms with E-state index < -0.39 is 10.0 Å². The fourth-order valence-corrected chi connectivity index (χ4v) is 4.35. The first kappa shape index (κ1) is 14.8. The minimum atomic E-state index is -3.75. The average Bonchev–Trinajstić information content (AvgIpc) is 2.72. The van der Waals surface area contributed by atoms with E-state index >= 15 is 0 Å². The van der Waals surface area contributed by atoms with Crippen molar-refractivity contribution in [2.24, 2.45) is 7.05 Å². The molecular formula is C11H14BrN5O2S. The molecule has 1 heterocycles. The quantitative estimate of drug-likeness (QED) is 0.832. The van der Waals surface area contributed by atoms with Crippen molar-refractivity contribution in [3.8, 4) is 0 Å². The van der Waals surface area contributed by atoms with Gasteiger partial charge in [-0.15, -0.1) is 5.10 Å². The Balaban J connectivity index is 2.53. The van der Waals surface area contributed by atoms with Crippen LogP contribution in [0.3, 0.4) is 0 Å². The topological polar surface area (TPSA) is 94.1 Å². The lowest BCUT2D eigenvalue weighted by molar-refractivity contribution is 0.570. The van der Waals surface area contributed by atoms with Gasteiger partial charge in [-0.3, -0.25) is 4.31 Å². The molecule has 0 spiro atoms. The van der Waals surface area contributed by atoms with E-state index in [2.05, 4.69) is 26.2 Å². The second-order valence-corrected chi connectivity index (χ2v) is 6.60. The number of hydrogen-bond acceptors (Lipinski definition) is 5. The Morgan fingerprint density at radius 3 is 2.40 bits per heavy atom. The fourth-order valence-electron chi connectivity index (χ4n) is 1.83. The maximum Gasteiger partial charge on any atom is 0.284 e. The number of nitrogen functional groups attached to an aromatic ring is 1. The Hall–Kier alpha value is -1.61. The molecule has 2 rings (SSSR count). The zero-order chi connectivity index (χ0) is 14.9. The number of nitrogens with zero attached hydrogens (tertiary/aromatic N) is 4. The van der Waals surface area contributed by atoms with Gasteiger partial charge in [0.05, 0.1) is 5.69 Å². The van der Waals surface area contributed by atoms with Crippen LogP contribution in [0.2, 0.25) is 0 Å². The molecule has 0 atom stereocenters. The highest BCUT2D eigenvalue weighted by Crippen LogP contribution is 2.27. The lowest BCUT2D eigenvalue weighted by Gasteiger charge is -2.22. The van der Waals surface area contributed by atoms with E-state index in [1.807, 2.05) is 0 Å². The highest BCUT2D eigenvalue weighted by molar-refractivity contribution is 9.10. The summed E-state index contributed by atoms with van der Waals surface area (Å²) in [5.74, 6) is 0. The van der Waals surface area contributed by atoms with Crippen molar-refractivity contribution in [2.45, 2.75) is 11.9 Å². The molecule has 9 heteroatoms. The number of anilines is 2. The summed E-state index contributed by atoms with van der Waals surface area (Å²) in [6.45, 7) is 2.04. The highest BCUT2D eigenvalue weighted by Gasteiger charge is 2.30. The molecule has 0 aliphatic rings. The van der Waals surface area contributed by atoms with Gasteiger partial charge in [0.1, 0.15) is 0 Å². The minimum Gasteiger partial charge on any atom is -0.399 e. The molecule has 0 aliphatic carbocycles. The van der Waals surface area contributed by atoms with Gasteiger partial charge in [-0.05, 0) is 47.1 Å². The number of benzene rings is 1. The van der Waals surface area contributed by atoms with Gasteiger partial charge in [0.2, 0.25) is 5.03 Å². The van der Waals surface area contributed by atoms with Gasteiger partial charge >= 0.3 is 0 Å². The Morgan fingerprint density at radius 2 is 1.95 bits per heavy atom. The van der Waals surface area contributed by atoms with Crippen molar-refractivity contribution < 1.29 is 8.42 Å². The highest BCUT2D eigenvalue weighted by atomic mass is 79.9. The second-order valence-electron chi connectivity index (χ2n) is 4.07. The number of halogens is 1. The van der Waals surface area contributed by atoms with Gasteiger partial charge in [-0.25, -0.2) is 4.68 Å². The standard InChI is InChI=1S/C11H14BrN5O2S/c1-3-17(9-6-4-8(13)5-7-9)20(18,19)11-10(12)14-15-16(11)2/h4-7H,3,13H2,1-2H3. The SMILES string of the molecule is CCN(c1ccc(N)cc1)S(=O)(=O)c1c(Br)nnn1C. The van der Waals surface area contributed by atoms with E-state index in [0.717, 1.165) is 0 Å². The molecule has 2 N–H and O–H groups in total. The van der Waals surface area contributed by atoms with E-state index in [0.29, 0.717) is 11.4 Å². The molecular weight excluding hydrogens is 346 g/mol. The molecule has 108 valence electrons. The van der Waals surface area contributed by atoms with Crippen LogP contribution in [0.1, 0.15) is 6.92 Å². The lowest BCUT2D eigenvalue weighted by atomic mass is 10.3. The summed E-state index contributed by atoms with van der Waals surface area (Å²) < 4.78 is 28.1. The van der Waals surface area contributed by atoms with Gasteiger partial charge in [-0.2, -0.15) is 8.42 Å². The van der Waals surface area contributed by atoms with Crippen molar-refractivity contribution in [1.29, 1.82) is 0 Å². The van der Waals surface area contributed by atoms with Crippen molar-refractivity contribution in [3.05, 3.63) is 28.9 Å². The van der Waals surface area contributed by atoms with Crippen molar-refractivity contribution in [3.63, 3.8) is 0 Å². The molecule has 20 heavy (non-hydrogen) atoms. The number of aromatic nitrogens is 3. The average molecular weight is 360 g/mol. The number of aryl methyl sites for hydroxylation is 1. The first-order valence-corrected chi connectivity index (χ1v) is 8.04. The van der Waals surface area contributed by atoms with Crippen LogP contribution in [0.25, 0.3) is 0 Å². The Kier molecular flexibility index (Phi) is 4.00. The predicted octanol–water partition coefficient (Wildman–Crippen LogP) is 1.37. The van der Waals surface area contributed by atoms with Crippen LogP contribution < -0.4 is 10.0 Å². The number of rotatable bonds is 4. The smallest absolute Gasteiger partial charge is 0.284 e. The second kappa shape index (κ2) is 5.41. The predicted molar refractivity (Wildman–Crippen MR) is 79.8 cm³/mol. The molecule has 0 aliphatic heterocycles. The van der Waals surface area contributed by atoms with E-state index in [-0.39, 0.29) is 16.2 Å². The molecule has 0 saturated carbocycles. The third-order valence-corrected chi connectivity index (χ3v) is 5.53. The Bertz CT molecular complexity index is 691. The summed E-state index contributed by atoms with van der Waals surface area (Å²) in [6.07, 6.45) is 0. The van der Waals surface area contributed by atoms with E-state index in [9.17, 15) is 8.42 Å². The van der Waals surface area contributed by atoms with Crippen LogP contribution in [0.4, 0.5) is 11.4 Å². The Labute approximate surface area is 125 Å². The van der Waals surface area contributed by atoms with E-state index in [1.54, 1.807) is 31.2 Å². The zero-order valence-electron chi connectivity index (χ0n) is 11.0. The lowest BCUT2D eigenvalue weighted by Crippen LogP contribution is -2.32. The van der Waals surface area contributed by atoms with Crippen molar-refractivity contribution >= 4 is 37.3 Å². The monoisotopic (exact) mass is 359 g/mol. The first-order chi connectivity index (χ1) is 9.37. The summed E-state index contributed by atoms with van der Waals surface area (Å²) in [6, 6.07) is 6.64. The number of hydrogen-bond donors (Lipinski definition) is 1. The molecule has 0 saturated heterocycles.